The number of esters is 1. The number of carbonyl (C=O) groups is 1. The number of hydrogen-bond acceptors (Lipinski definition) is 3. The van der Waals surface area contributed by atoms with Gasteiger partial charge in [-0.1, -0.05) is 31.2 Å². The molecule has 3 nitrogen and oxygen atoms in total. The molecule has 0 aromatic heterocycles. The van der Waals surface area contributed by atoms with E-state index in [-0.39, 0.29) is 24.1 Å². The predicted molar refractivity (Wildman–Crippen MR) is 62.9 cm³/mol. The highest BCUT2D eigenvalue weighted by atomic mass is 16.5. The van der Waals surface area contributed by atoms with Gasteiger partial charge in [0, 0.05) is 12.0 Å². The number of cyclic esters (lactones) is 1. The van der Waals surface area contributed by atoms with E-state index in [0.29, 0.717) is 11.7 Å². The molecule has 88 valence electrons. The van der Waals surface area contributed by atoms with Crippen LogP contribution in [-0.4, -0.2) is 18.2 Å². The van der Waals surface area contributed by atoms with Crippen molar-refractivity contribution in [1.29, 1.82) is 0 Å². The maximum atomic E-state index is 11.0. The molecule has 0 aromatic carbocycles. The molecule has 2 bridgehead atoms. The van der Waals surface area contributed by atoms with Gasteiger partial charge in [0.2, 0.25) is 0 Å². The second kappa shape index (κ2) is 4.00. The molecule has 4 atom stereocenters. The number of carbonyl (C=O) groups excluding carboxylic acids is 1. The Labute approximate surface area is 100 Å². The fraction of sp³-hybridized carbons (Fsp3) is 0.357. The molecule has 3 heteroatoms. The largest absolute Gasteiger partial charge is 0.424 e. The highest BCUT2D eigenvalue weighted by Crippen LogP contribution is 2.37. The van der Waals surface area contributed by atoms with E-state index in [2.05, 4.69) is 19.1 Å². The fourth-order valence-corrected chi connectivity index (χ4v) is 2.52. The number of ether oxygens (including phenoxy) is 2. The summed E-state index contributed by atoms with van der Waals surface area (Å²) >= 11 is 0. The lowest BCUT2D eigenvalue weighted by Gasteiger charge is -2.15. The minimum Gasteiger partial charge on any atom is -0.424 e. The Morgan fingerprint density at radius 2 is 1.94 bits per heavy atom. The fourth-order valence-electron chi connectivity index (χ4n) is 2.52. The highest BCUT2D eigenvalue weighted by molar-refractivity contribution is 5.86. The van der Waals surface area contributed by atoms with Crippen LogP contribution in [0, 0.1) is 11.8 Å². The van der Waals surface area contributed by atoms with Crippen molar-refractivity contribution < 1.29 is 14.3 Å². The quantitative estimate of drug-likeness (QED) is 0.647. The zero-order valence-electron chi connectivity index (χ0n) is 9.58. The highest BCUT2D eigenvalue weighted by Gasteiger charge is 2.39. The van der Waals surface area contributed by atoms with Crippen molar-refractivity contribution in [1.82, 2.24) is 0 Å². The van der Waals surface area contributed by atoms with Crippen molar-refractivity contribution >= 4 is 5.97 Å². The summed E-state index contributed by atoms with van der Waals surface area (Å²) in [6.45, 7) is 2.16. The van der Waals surface area contributed by atoms with Crippen LogP contribution in [-0.2, 0) is 14.3 Å². The molecule has 0 spiro atoms. The van der Waals surface area contributed by atoms with Crippen LogP contribution in [0.25, 0.3) is 0 Å². The number of hydrogen-bond donors (Lipinski definition) is 0. The maximum absolute atomic E-state index is 11.0. The molecule has 0 radical (unpaired) electrons. The summed E-state index contributed by atoms with van der Waals surface area (Å²) in [5, 5.41) is 0. The second-order valence-electron chi connectivity index (χ2n) is 4.60. The molecule has 0 saturated carbocycles. The normalized spacial score (nSPS) is 41.0. The Morgan fingerprint density at radius 3 is 2.65 bits per heavy atom. The van der Waals surface area contributed by atoms with E-state index >= 15 is 0 Å². The van der Waals surface area contributed by atoms with Gasteiger partial charge in [0.05, 0.1) is 12.2 Å². The standard InChI is InChI=1S/C14H14O3/c1-9-11(8-10-6-7-14(15)16-10)13-5-3-2-4-12(9)17-13/h2-9,11-13H,1H3/b10-8+/t9-,11+,12+,13-/m0/s1. The van der Waals surface area contributed by atoms with Crippen molar-refractivity contribution in [3.05, 3.63) is 48.3 Å². The van der Waals surface area contributed by atoms with Crippen molar-refractivity contribution in [2.75, 3.05) is 0 Å². The zero-order valence-corrected chi connectivity index (χ0v) is 9.58. The summed E-state index contributed by atoms with van der Waals surface area (Å²) in [4.78, 5) is 11.0. The number of fused-ring (bicyclic) bond motifs is 2. The Bertz CT molecular complexity index is 456. The first kappa shape index (κ1) is 10.5. The molecule has 3 rings (SSSR count). The monoisotopic (exact) mass is 230 g/mol. The van der Waals surface area contributed by atoms with E-state index in [4.69, 9.17) is 9.47 Å². The second-order valence-corrected chi connectivity index (χ2v) is 4.60. The van der Waals surface area contributed by atoms with E-state index in [1.165, 1.54) is 6.08 Å². The average molecular weight is 230 g/mol. The van der Waals surface area contributed by atoms with Crippen molar-refractivity contribution in [3.8, 4) is 0 Å². The Balaban J connectivity index is 1.84. The molecule has 0 N–H and O–H groups in total. The summed E-state index contributed by atoms with van der Waals surface area (Å²) in [5.41, 5.74) is 0. The summed E-state index contributed by atoms with van der Waals surface area (Å²) in [6, 6.07) is 0. The van der Waals surface area contributed by atoms with Gasteiger partial charge in [0.1, 0.15) is 5.76 Å². The topological polar surface area (TPSA) is 35.5 Å². The molecule has 0 amide bonds. The van der Waals surface area contributed by atoms with Gasteiger partial charge in [0.25, 0.3) is 0 Å². The molecule has 0 aromatic rings. The van der Waals surface area contributed by atoms with Crippen LogP contribution in [0.4, 0.5) is 0 Å². The van der Waals surface area contributed by atoms with E-state index in [9.17, 15) is 4.79 Å². The first-order chi connectivity index (χ1) is 8.24. The number of rotatable bonds is 1. The van der Waals surface area contributed by atoms with Gasteiger partial charge in [-0.2, -0.15) is 0 Å². The molecule has 3 aliphatic rings. The van der Waals surface area contributed by atoms with E-state index in [1.54, 1.807) is 6.08 Å². The third kappa shape index (κ3) is 1.87. The van der Waals surface area contributed by atoms with Crippen LogP contribution in [0.1, 0.15) is 6.92 Å². The van der Waals surface area contributed by atoms with Gasteiger partial charge in [-0.05, 0) is 18.1 Å². The molecular weight excluding hydrogens is 216 g/mol. The zero-order chi connectivity index (χ0) is 11.8. The Hall–Kier alpha value is -1.61. The molecule has 0 aliphatic carbocycles. The van der Waals surface area contributed by atoms with Crippen LogP contribution in [0.5, 0.6) is 0 Å². The SMILES string of the molecule is C[C@H]1[C@@H](/C=C2\C=CC(=O)O2)[C@@H]2C=CC=C[C@H]1O2. The summed E-state index contributed by atoms with van der Waals surface area (Å²) in [6.07, 6.45) is 13.6. The molecule has 3 heterocycles. The van der Waals surface area contributed by atoms with Gasteiger partial charge in [0.15, 0.2) is 0 Å². The lowest BCUT2D eigenvalue weighted by atomic mass is 9.86. The molecule has 0 unspecified atom stereocenters. The summed E-state index contributed by atoms with van der Waals surface area (Å²) in [5.74, 6) is 0.991. The molecule has 1 saturated heterocycles. The van der Waals surface area contributed by atoms with Gasteiger partial charge in [-0.15, -0.1) is 0 Å². The minimum atomic E-state index is -0.293. The van der Waals surface area contributed by atoms with Gasteiger partial charge in [-0.3, -0.25) is 0 Å². The first-order valence-corrected chi connectivity index (χ1v) is 5.86. The molecule has 3 aliphatic heterocycles. The lowest BCUT2D eigenvalue weighted by Crippen LogP contribution is -2.17. The maximum Gasteiger partial charge on any atom is 0.336 e. The molecule has 17 heavy (non-hydrogen) atoms. The van der Waals surface area contributed by atoms with Gasteiger partial charge < -0.3 is 9.47 Å². The average Bonchev–Trinajstić information content (AvgIpc) is 2.73. The van der Waals surface area contributed by atoms with Crippen molar-refractivity contribution in [2.24, 2.45) is 11.8 Å². The van der Waals surface area contributed by atoms with E-state index in [1.807, 2.05) is 18.2 Å². The first-order valence-electron chi connectivity index (χ1n) is 5.86. The third-order valence-electron chi connectivity index (χ3n) is 3.49. The van der Waals surface area contributed by atoms with Crippen molar-refractivity contribution in [2.45, 2.75) is 19.1 Å². The van der Waals surface area contributed by atoms with Crippen LogP contribution >= 0.6 is 0 Å². The van der Waals surface area contributed by atoms with E-state index in [0.717, 1.165) is 0 Å². The predicted octanol–water partition coefficient (Wildman–Crippen LogP) is 2.13. The lowest BCUT2D eigenvalue weighted by molar-refractivity contribution is -0.132. The van der Waals surface area contributed by atoms with Crippen LogP contribution in [0.2, 0.25) is 0 Å². The Morgan fingerprint density at radius 1 is 1.18 bits per heavy atom. The number of allylic oxidation sites excluding steroid dienone is 3. The smallest absolute Gasteiger partial charge is 0.336 e. The van der Waals surface area contributed by atoms with Crippen LogP contribution in [0.15, 0.2) is 48.3 Å². The van der Waals surface area contributed by atoms with Crippen molar-refractivity contribution in [3.63, 3.8) is 0 Å². The minimum absolute atomic E-state index is 0.0743. The third-order valence-corrected chi connectivity index (χ3v) is 3.49. The Kier molecular flexibility index (Phi) is 2.48. The molecular formula is C14H14O3. The van der Waals surface area contributed by atoms with E-state index < -0.39 is 0 Å². The van der Waals surface area contributed by atoms with Crippen LogP contribution in [0.3, 0.4) is 0 Å². The van der Waals surface area contributed by atoms with Gasteiger partial charge >= 0.3 is 5.97 Å². The molecule has 1 fully saturated rings. The van der Waals surface area contributed by atoms with Crippen LogP contribution < -0.4 is 0 Å². The van der Waals surface area contributed by atoms with Gasteiger partial charge in [-0.25, -0.2) is 4.79 Å². The summed E-state index contributed by atoms with van der Waals surface area (Å²) in [7, 11) is 0. The summed E-state index contributed by atoms with van der Waals surface area (Å²) < 4.78 is 11.0.